The summed E-state index contributed by atoms with van der Waals surface area (Å²) in [6, 6.07) is 0.942. The third kappa shape index (κ3) is 5.81. The Kier molecular flexibility index (Phi) is 7.29. The molecule has 1 rings (SSSR count). The van der Waals surface area contributed by atoms with Crippen molar-refractivity contribution >= 4 is 16.1 Å². The van der Waals surface area contributed by atoms with Gasteiger partial charge in [0.2, 0.25) is 5.54 Å². The van der Waals surface area contributed by atoms with Crippen molar-refractivity contribution in [3.05, 3.63) is 24.3 Å². The highest BCUT2D eigenvalue weighted by Gasteiger charge is 2.70. The summed E-state index contributed by atoms with van der Waals surface area (Å²) < 4.78 is 129. The predicted molar refractivity (Wildman–Crippen MR) is 80.2 cm³/mol. The summed E-state index contributed by atoms with van der Waals surface area (Å²) in [5.41, 5.74) is -3.46. The van der Waals surface area contributed by atoms with E-state index in [1.807, 2.05) is 0 Å². The van der Waals surface area contributed by atoms with Gasteiger partial charge in [-0.15, -0.1) is 4.83 Å². The Hall–Kier alpha value is -2.36. The van der Waals surface area contributed by atoms with E-state index < -0.39 is 57.6 Å². The number of ether oxygens (including phenoxy) is 1. The first-order valence-electron chi connectivity index (χ1n) is 7.34. The number of carbonyl (C=O) groups excluding carboxylic acids is 1. The molecule has 166 valence electrons. The highest BCUT2D eigenvalue weighted by atomic mass is 32.2. The fourth-order valence-electron chi connectivity index (χ4n) is 1.99. The van der Waals surface area contributed by atoms with Crippen LogP contribution >= 0.6 is 0 Å². The van der Waals surface area contributed by atoms with Gasteiger partial charge in [-0.25, -0.2) is 13.2 Å². The first kappa shape index (κ1) is 24.7. The number of nitrogens with one attached hydrogen (secondary N) is 3. The van der Waals surface area contributed by atoms with Crippen LogP contribution < -0.4 is 20.3 Å². The van der Waals surface area contributed by atoms with Crippen LogP contribution in [0.2, 0.25) is 0 Å². The van der Waals surface area contributed by atoms with E-state index in [4.69, 9.17) is 0 Å². The number of halogens is 8. The number of benzene rings is 1. The Morgan fingerprint density at radius 1 is 1.03 bits per heavy atom. The van der Waals surface area contributed by atoms with Crippen LogP contribution in [-0.4, -0.2) is 39.0 Å². The Morgan fingerprint density at radius 2 is 1.52 bits per heavy atom. The molecule has 0 unspecified atom stereocenters. The van der Waals surface area contributed by atoms with Gasteiger partial charge in [0.1, 0.15) is 5.75 Å². The van der Waals surface area contributed by atoms with Gasteiger partial charge in [0.25, 0.3) is 10.0 Å². The number of amides is 2. The topological polar surface area (TPSA) is 96.5 Å². The molecule has 0 radical (unpaired) electrons. The zero-order valence-electron chi connectivity index (χ0n) is 14.2. The van der Waals surface area contributed by atoms with Gasteiger partial charge in [-0.3, -0.25) is 5.43 Å². The molecule has 0 heterocycles. The van der Waals surface area contributed by atoms with Crippen molar-refractivity contribution in [2.75, 3.05) is 0 Å². The number of hydrogen-bond acceptors (Lipinski definition) is 4. The molecule has 0 fully saturated rings. The van der Waals surface area contributed by atoms with E-state index in [9.17, 15) is 48.3 Å². The summed E-state index contributed by atoms with van der Waals surface area (Å²) in [6.07, 6.45) is -13.5. The average Bonchev–Trinajstić information content (AvgIpc) is 2.55. The number of hydrogen-bond donors (Lipinski definition) is 3. The largest absolute Gasteiger partial charge is 0.435 e. The second-order valence-electron chi connectivity index (χ2n) is 5.29. The fourth-order valence-corrected chi connectivity index (χ4v) is 2.83. The van der Waals surface area contributed by atoms with Crippen molar-refractivity contribution in [1.82, 2.24) is 15.6 Å². The maximum atomic E-state index is 12.9. The molecule has 0 aliphatic carbocycles. The molecule has 0 saturated heterocycles. The molecular weight excluding hydrogens is 446 g/mol. The second-order valence-corrected chi connectivity index (χ2v) is 6.97. The highest BCUT2D eigenvalue weighted by Crippen LogP contribution is 2.45. The summed E-state index contributed by atoms with van der Waals surface area (Å²) in [5.74, 6) is -0.423. The molecule has 0 saturated carbocycles. The maximum absolute atomic E-state index is 12.9. The van der Waals surface area contributed by atoms with Crippen LogP contribution in [0.15, 0.2) is 29.2 Å². The molecule has 7 nitrogen and oxygen atoms in total. The molecule has 1 aromatic rings. The lowest BCUT2D eigenvalue weighted by molar-refractivity contribution is -0.304. The third-order valence-corrected chi connectivity index (χ3v) is 4.75. The van der Waals surface area contributed by atoms with Crippen LogP contribution in [0.25, 0.3) is 0 Å². The van der Waals surface area contributed by atoms with Crippen LogP contribution in [-0.2, 0) is 10.0 Å². The molecule has 3 N–H and O–H groups in total. The van der Waals surface area contributed by atoms with Crippen molar-refractivity contribution in [2.24, 2.45) is 0 Å². The van der Waals surface area contributed by atoms with Crippen molar-refractivity contribution in [2.45, 2.75) is 42.7 Å². The molecule has 0 aromatic heterocycles. The Labute approximate surface area is 158 Å². The summed E-state index contributed by atoms with van der Waals surface area (Å²) >= 11 is 0. The van der Waals surface area contributed by atoms with Gasteiger partial charge in [-0.2, -0.15) is 35.1 Å². The van der Waals surface area contributed by atoms with Crippen molar-refractivity contribution < 1.29 is 53.1 Å². The average molecular weight is 459 g/mol. The van der Waals surface area contributed by atoms with Gasteiger partial charge in [0.15, 0.2) is 0 Å². The summed E-state index contributed by atoms with van der Waals surface area (Å²) in [7, 11) is -4.66. The fraction of sp³-hybridized carbons (Fsp3) is 0.462. The third-order valence-electron chi connectivity index (χ3n) is 3.48. The van der Waals surface area contributed by atoms with Crippen molar-refractivity contribution in [1.29, 1.82) is 0 Å². The van der Waals surface area contributed by atoms with Crippen LogP contribution in [0.1, 0.15) is 13.3 Å². The predicted octanol–water partition coefficient (Wildman–Crippen LogP) is 3.05. The first-order valence-corrected chi connectivity index (χ1v) is 8.82. The van der Waals surface area contributed by atoms with Gasteiger partial charge >= 0.3 is 25.0 Å². The first-order chi connectivity index (χ1) is 13.1. The van der Waals surface area contributed by atoms with Gasteiger partial charge < -0.3 is 10.1 Å². The van der Waals surface area contributed by atoms with Gasteiger partial charge in [-0.1, -0.05) is 6.92 Å². The Morgan fingerprint density at radius 3 is 1.90 bits per heavy atom. The SMILES string of the molecule is CCC(NC(=O)NNS(=O)(=O)c1ccc(OC(F)F)cc1)(C(F)(F)F)C(F)(F)F. The lowest BCUT2D eigenvalue weighted by atomic mass is 9.94. The minimum Gasteiger partial charge on any atom is -0.435 e. The van der Waals surface area contributed by atoms with Crippen LogP contribution in [0, 0.1) is 0 Å². The zero-order valence-corrected chi connectivity index (χ0v) is 15.0. The molecule has 16 heteroatoms. The molecule has 2 amide bonds. The minimum atomic E-state index is -5.93. The van der Waals surface area contributed by atoms with Crippen molar-refractivity contribution in [3.63, 3.8) is 0 Å². The monoisotopic (exact) mass is 459 g/mol. The van der Waals surface area contributed by atoms with Gasteiger partial charge in [-0.05, 0) is 30.7 Å². The Bertz CT molecular complexity index is 795. The molecule has 29 heavy (non-hydrogen) atoms. The molecule has 0 spiro atoms. The van der Waals surface area contributed by atoms with E-state index in [-0.39, 0.29) is 0 Å². The maximum Gasteiger partial charge on any atom is 0.420 e. The van der Waals surface area contributed by atoms with E-state index in [1.165, 1.54) is 4.83 Å². The molecule has 0 bridgehead atoms. The van der Waals surface area contributed by atoms with E-state index in [1.54, 1.807) is 0 Å². The van der Waals surface area contributed by atoms with E-state index in [0.717, 1.165) is 29.7 Å². The molecular formula is C13H13F8N3O4S. The van der Waals surface area contributed by atoms with Crippen LogP contribution in [0.5, 0.6) is 5.75 Å². The molecule has 0 aliphatic heterocycles. The van der Waals surface area contributed by atoms with Crippen LogP contribution in [0.3, 0.4) is 0 Å². The normalized spacial score (nSPS) is 13.3. The number of rotatable bonds is 7. The standard InChI is InChI=1S/C13H13F8N3O4S/c1-2-11(12(16,17)18,13(19,20)21)22-10(25)23-24-29(26,27)8-5-3-7(4-6-8)28-9(14)15/h3-6,9,24H,2H2,1H3,(H2,22,23,25). The number of sulfonamides is 1. The minimum absolute atomic E-state index is 0.423. The molecule has 0 atom stereocenters. The molecule has 1 aromatic carbocycles. The highest BCUT2D eigenvalue weighted by molar-refractivity contribution is 7.89. The summed E-state index contributed by atoms with van der Waals surface area (Å²) in [4.78, 5) is 12.1. The lowest BCUT2D eigenvalue weighted by Gasteiger charge is -2.36. The number of carbonyl (C=O) groups is 1. The number of hydrazine groups is 1. The Balaban J connectivity index is 2.92. The van der Waals surface area contributed by atoms with E-state index in [0.29, 0.717) is 12.2 Å². The number of alkyl halides is 8. The van der Waals surface area contributed by atoms with E-state index in [2.05, 4.69) is 4.74 Å². The molecule has 0 aliphatic rings. The lowest BCUT2D eigenvalue weighted by Crippen LogP contribution is -2.69. The van der Waals surface area contributed by atoms with Gasteiger partial charge in [0.05, 0.1) is 4.90 Å². The van der Waals surface area contributed by atoms with Gasteiger partial charge in [0, 0.05) is 0 Å². The smallest absolute Gasteiger partial charge is 0.420 e. The summed E-state index contributed by atoms with van der Waals surface area (Å²) in [6.45, 7) is -2.67. The zero-order chi connectivity index (χ0) is 22.7. The van der Waals surface area contributed by atoms with Crippen LogP contribution in [0.4, 0.5) is 39.9 Å². The quantitative estimate of drug-likeness (QED) is 0.432. The second kappa shape index (κ2) is 8.56. The summed E-state index contributed by atoms with van der Waals surface area (Å²) in [5, 5.41) is 0.685. The van der Waals surface area contributed by atoms with E-state index >= 15 is 0 Å². The van der Waals surface area contributed by atoms with Crippen molar-refractivity contribution in [3.8, 4) is 5.75 Å². The number of urea groups is 1.